The van der Waals surface area contributed by atoms with Crippen molar-refractivity contribution in [3.63, 3.8) is 0 Å². The van der Waals surface area contributed by atoms with Crippen molar-refractivity contribution < 1.29 is 19.1 Å². The minimum absolute atomic E-state index is 0.127. The molecule has 1 aromatic rings. The smallest absolute Gasteiger partial charge is 0.348 e. The zero-order valence-corrected chi connectivity index (χ0v) is 9.76. The summed E-state index contributed by atoms with van der Waals surface area (Å²) in [4.78, 5) is 23.2. The summed E-state index contributed by atoms with van der Waals surface area (Å²) >= 11 is 0. The van der Waals surface area contributed by atoms with Crippen LogP contribution in [0.1, 0.15) is 19.4 Å². The molecule has 0 atom stereocenters. The lowest BCUT2D eigenvalue weighted by Crippen LogP contribution is -2.41. The minimum atomic E-state index is -1.21. The highest BCUT2D eigenvalue weighted by Crippen LogP contribution is 2.23. The van der Waals surface area contributed by atoms with Gasteiger partial charge in [-0.15, -0.1) is 0 Å². The number of aryl methyl sites for hydroxylation is 1. The van der Waals surface area contributed by atoms with Gasteiger partial charge in [-0.2, -0.15) is 5.10 Å². The molecule has 17 heavy (non-hydrogen) atoms. The fourth-order valence-corrected chi connectivity index (χ4v) is 1.46. The zero-order chi connectivity index (χ0) is 12.6. The van der Waals surface area contributed by atoms with E-state index in [9.17, 15) is 9.59 Å². The number of cyclic esters (lactones) is 2. The predicted molar refractivity (Wildman–Crippen MR) is 57.4 cm³/mol. The molecule has 1 aliphatic heterocycles. The van der Waals surface area contributed by atoms with Crippen LogP contribution in [0, 0.1) is 0 Å². The molecule has 0 saturated carbocycles. The number of nitrogens with zero attached hydrogens (tertiary/aromatic N) is 2. The van der Waals surface area contributed by atoms with Crippen LogP contribution in [0.15, 0.2) is 18.0 Å². The van der Waals surface area contributed by atoms with E-state index in [4.69, 9.17) is 9.47 Å². The first-order valence-electron chi connectivity index (χ1n) is 5.04. The van der Waals surface area contributed by atoms with Gasteiger partial charge in [-0.3, -0.25) is 4.68 Å². The van der Waals surface area contributed by atoms with E-state index in [1.54, 1.807) is 17.9 Å². The highest BCUT2D eigenvalue weighted by atomic mass is 16.7. The van der Waals surface area contributed by atoms with Crippen LogP contribution >= 0.6 is 0 Å². The Labute approximate surface area is 97.8 Å². The quantitative estimate of drug-likeness (QED) is 0.406. The average molecular weight is 236 g/mol. The van der Waals surface area contributed by atoms with Crippen molar-refractivity contribution in [1.82, 2.24) is 9.78 Å². The Morgan fingerprint density at radius 1 is 1.29 bits per heavy atom. The molecule has 0 radical (unpaired) electrons. The molecule has 0 unspecified atom stereocenters. The van der Waals surface area contributed by atoms with Gasteiger partial charge in [-0.1, -0.05) is 0 Å². The molecule has 2 rings (SSSR count). The summed E-state index contributed by atoms with van der Waals surface area (Å²) in [5.74, 6) is -2.58. The highest BCUT2D eigenvalue weighted by molar-refractivity contribution is 6.18. The van der Waals surface area contributed by atoms with Crippen LogP contribution in [-0.2, 0) is 26.1 Å². The van der Waals surface area contributed by atoms with E-state index in [0.29, 0.717) is 5.56 Å². The average Bonchev–Trinajstić information content (AvgIpc) is 2.56. The van der Waals surface area contributed by atoms with E-state index in [2.05, 4.69) is 5.10 Å². The molecule has 0 spiro atoms. The van der Waals surface area contributed by atoms with E-state index >= 15 is 0 Å². The number of rotatable bonds is 1. The molecule has 0 bridgehead atoms. The van der Waals surface area contributed by atoms with E-state index in [0.717, 1.165) is 0 Å². The van der Waals surface area contributed by atoms with E-state index in [-0.39, 0.29) is 5.57 Å². The molecule has 2 heterocycles. The second-order valence-corrected chi connectivity index (χ2v) is 4.18. The Morgan fingerprint density at radius 2 is 1.88 bits per heavy atom. The maximum absolute atomic E-state index is 11.6. The van der Waals surface area contributed by atoms with Gasteiger partial charge >= 0.3 is 11.9 Å². The summed E-state index contributed by atoms with van der Waals surface area (Å²) in [6, 6.07) is 0. The first kappa shape index (κ1) is 11.4. The van der Waals surface area contributed by atoms with Crippen molar-refractivity contribution in [1.29, 1.82) is 0 Å². The number of esters is 2. The van der Waals surface area contributed by atoms with Gasteiger partial charge in [0.1, 0.15) is 5.57 Å². The largest absolute Gasteiger partial charge is 0.419 e. The lowest BCUT2D eigenvalue weighted by atomic mass is 10.1. The van der Waals surface area contributed by atoms with Crippen LogP contribution < -0.4 is 0 Å². The summed E-state index contributed by atoms with van der Waals surface area (Å²) in [5.41, 5.74) is 0.508. The Balaban J connectivity index is 2.30. The van der Waals surface area contributed by atoms with Crippen molar-refractivity contribution in [2.24, 2.45) is 7.05 Å². The maximum atomic E-state index is 11.6. The molecule has 0 N–H and O–H groups in total. The molecule has 1 fully saturated rings. The number of hydrogen-bond acceptors (Lipinski definition) is 5. The third-order valence-corrected chi connectivity index (χ3v) is 2.15. The fraction of sp³-hybridized carbons (Fsp3) is 0.364. The number of ether oxygens (including phenoxy) is 2. The van der Waals surface area contributed by atoms with Crippen LogP contribution in [-0.4, -0.2) is 27.5 Å². The molecule has 0 aliphatic carbocycles. The van der Waals surface area contributed by atoms with Gasteiger partial charge in [0, 0.05) is 32.7 Å². The molecule has 1 aliphatic rings. The third kappa shape index (κ3) is 2.35. The first-order valence-corrected chi connectivity index (χ1v) is 5.04. The normalized spacial score (nSPS) is 18.6. The SMILES string of the molecule is Cn1cc(C=C2C(=O)OC(C)(C)OC2=O)cn1. The molecule has 1 aromatic heterocycles. The van der Waals surface area contributed by atoms with Gasteiger partial charge < -0.3 is 9.47 Å². The summed E-state index contributed by atoms with van der Waals surface area (Å²) in [6.45, 7) is 3.01. The van der Waals surface area contributed by atoms with Gasteiger partial charge in [-0.25, -0.2) is 9.59 Å². The number of carbonyl (C=O) groups is 2. The minimum Gasteiger partial charge on any atom is -0.419 e. The molecule has 0 aromatic carbocycles. The fourth-order valence-electron chi connectivity index (χ4n) is 1.46. The van der Waals surface area contributed by atoms with Crippen molar-refractivity contribution in [3.8, 4) is 0 Å². The standard InChI is InChI=1S/C11H12N2O4/c1-11(2)16-9(14)8(10(15)17-11)4-7-5-12-13(3)6-7/h4-6H,1-3H3. The Morgan fingerprint density at radius 3 is 2.35 bits per heavy atom. The van der Waals surface area contributed by atoms with E-state index in [1.807, 2.05) is 0 Å². The lowest BCUT2D eigenvalue weighted by molar-refractivity contribution is -0.222. The predicted octanol–water partition coefficient (Wildman–Crippen LogP) is 0.640. The molecule has 1 saturated heterocycles. The van der Waals surface area contributed by atoms with Gasteiger partial charge in [0.15, 0.2) is 0 Å². The second-order valence-electron chi connectivity index (χ2n) is 4.18. The highest BCUT2D eigenvalue weighted by Gasteiger charge is 2.38. The summed E-state index contributed by atoms with van der Waals surface area (Å²) in [5, 5.41) is 3.93. The van der Waals surface area contributed by atoms with Crippen molar-refractivity contribution in [3.05, 3.63) is 23.5 Å². The lowest BCUT2D eigenvalue weighted by Gasteiger charge is -2.29. The Hall–Kier alpha value is -2.11. The number of hydrogen-bond donors (Lipinski definition) is 0. The number of aromatic nitrogens is 2. The van der Waals surface area contributed by atoms with Gasteiger partial charge in [0.2, 0.25) is 0 Å². The van der Waals surface area contributed by atoms with Crippen LogP contribution in [0.4, 0.5) is 0 Å². The van der Waals surface area contributed by atoms with Gasteiger partial charge in [0.05, 0.1) is 6.20 Å². The van der Waals surface area contributed by atoms with E-state index < -0.39 is 17.7 Å². The molecule has 6 heteroatoms. The molecular formula is C11H12N2O4. The third-order valence-electron chi connectivity index (χ3n) is 2.15. The number of carbonyl (C=O) groups excluding carboxylic acids is 2. The summed E-state index contributed by atoms with van der Waals surface area (Å²) in [7, 11) is 1.74. The monoisotopic (exact) mass is 236 g/mol. The topological polar surface area (TPSA) is 70.4 Å². The van der Waals surface area contributed by atoms with Crippen molar-refractivity contribution in [2.45, 2.75) is 19.6 Å². The molecule has 0 amide bonds. The van der Waals surface area contributed by atoms with E-state index in [1.165, 1.54) is 26.1 Å². The summed E-state index contributed by atoms with van der Waals surface area (Å²) in [6.07, 6.45) is 4.60. The first-order chi connectivity index (χ1) is 7.87. The molecule has 6 nitrogen and oxygen atoms in total. The van der Waals surface area contributed by atoms with Gasteiger partial charge in [-0.05, 0) is 6.08 Å². The van der Waals surface area contributed by atoms with Crippen molar-refractivity contribution in [2.75, 3.05) is 0 Å². The van der Waals surface area contributed by atoms with Crippen LogP contribution in [0.5, 0.6) is 0 Å². The maximum Gasteiger partial charge on any atom is 0.348 e. The Bertz CT molecular complexity index is 491. The molecule has 90 valence electrons. The van der Waals surface area contributed by atoms with Crippen LogP contribution in [0.25, 0.3) is 6.08 Å². The van der Waals surface area contributed by atoms with Crippen LogP contribution in [0.2, 0.25) is 0 Å². The van der Waals surface area contributed by atoms with Gasteiger partial charge in [0.25, 0.3) is 5.79 Å². The summed E-state index contributed by atoms with van der Waals surface area (Å²) < 4.78 is 11.5. The Kier molecular flexibility index (Phi) is 2.49. The molecular weight excluding hydrogens is 224 g/mol. The van der Waals surface area contributed by atoms with Crippen LogP contribution in [0.3, 0.4) is 0 Å². The van der Waals surface area contributed by atoms with Crippen molar-refractivity contribution >= 4 is 18.0 Å². The second kappa shape index (κ2) is 3.73. The zero-order valence-electron chi connectivity index (χ0n) is 9.76.